The first-order valence-electron chi connectivity index (χ1n) is 6.73. The van der Waals surface area contributed by atoms with Gasteiger partial charge in [-0.25, -0.2) is 0 Å². The maximum absolute atomic E-state index is 10.5. The van der Waals surface area contributed by atoms with Crippen LogP contribution >= 0.6 is 11.6 Å². The van der Waals surface area contributed by atoms with Crippen molar-refractivity contribution in [3.8, 4) is 11.1 Å². The van der Waals surface area contributed by atoms with E-state index in [-0.39, 0.29) is 5.91 Å². The van der Waals surface area contributed by atoms with Gasteiger partial charge in [-0.15, -0.1) is 0 Å². The van der Waals surface area contributed by atoms with E-state index in [9.17, 15) is 4.79 Å². The number of hydrogen-bond acceptors (Lipinski definition) is 1. The standard InChI is InChI=1S/C12H9Cl.C5H9NO/c13-12-8-6-11(7-9-12)10-4-2-1-3-5-10;1-6-5(7)4-2-3-4/h1-9H;4H,2-3H2,1H3,(H,6,7). The molecule has 1 saturated carbocycles. The molecule has 1 amide bonds. The van der Waals surface area contributed by atoms with Crippen LogP contribution in [0, 0.1) is 5.92 Å². The minimum Gasteiger partial charge on any atom is -0.359 e. The van der Waals surface area contributed by atoms with Crippen molar-refractivity contribution in [2.24, 2.45) is 5.92 Å². The van der Waals surface area contributed by atoms with Gasteiger partial charge < -0.3 is 5.32 Å². The van der Waals surface area contributed by atoms with Crippen LogP contribution in [0.25, 0.3) is 11.1 Å². The van der Waals surface area contributed by atoms with E-state index in [4.69, 9.17) is 11.6 Å². The zero-order chi connectivity index (χ0) is 14.4. The van der Waals surface area contributed by atoms with Crippen LogP contribution < -0.4 is 5.32 Å². The number of amides is 1. The van der Waals surface area contributed by atoms with Crippen LogP contribution in [0.1, 0.15) is 12.8 Å². The Morgan fingerprint density at radius 1 is 1.00 bits per heavy atom. The predicted molar refractivity (Wildman–Crippen MR) is 83.7 cm³/mol. The van der Waals surface area contributed by atoms with Gasteiger partial charge in [-0.2, -0.15) is 0 Å². The highest BCUT2D eigenvalue weighted by molar-refractivity contribution is 6.30. The van der Waals surface area contributed by atoms with Gasteiger partial charge >= 0.3 is 0 Å². The first-order chi connectivity index (χ1) is 9.70. The molecule has 0 unspecified atom stereocenters. The highest BCUT2D eigenvalue weighted by atomic mass is 35.5. The van der Waals surface area contributed by atoms with Crippen LogP contribution in [-0.2, 0) is 4.79 Å². The quantitative estimate of drug-likeness (QED) is 0.883. The van der Waals surface area contributed by atoms with E-state index < -0.39 is 0 Å². The number of nitrogens with one attached hydrogen (secondary N) is 1. The van der Waals surface area contributed by atoms with E-state index in [1.54, 1.807) is 7.05 Å². The van der Waals surface area contributed by atoms with Crippen LogP contribution in [-0.4, -0.2) is 13.0 Å². The molecule has 0 spiro atoms. The number of carbonyl (C=O) groups excluding carboxylic acids is 1. The highest BCUT2D eigenvalue weighted by Crippen LogP contribution is 2.28. The summed E-state index contributed by atoms with van der Waals surface area (Å²) in [5.74, 6) is 0.574. The Morgan fingerprint density at radius 2 is 1.55 bits per heavy atom. The third kappa shape index (κ3) is 4.39. The van der Waals surface area contributed by atoms with Gasteiger partial charge in [-0.1, -0.05) is 54.1 Å². The predicted octanol–water partition coefficient (Wildman–Crippen LogP) is 4.15. The summed E-state index contributed by atoms with van der Waals surface area (Å²) in [7, 11) is 1.68. The SMILES string of the molecule is CNC(=O)C1CC1.Clc1ccc(-c2ccccc2)cc1. The summed E-state index contributed by atoms with van der Waals surface area (Å²) < 4.78 is 0. The summed E-state index contributed by atoms with van der Waals surface area (Å²) in [4.78, 5) is 10.5. The van der Waals surface area contributed by atoms with Crippen molar-refractivity contribution in [3.05, 3.63) is 59.6 Å². The van der Waals surface area contributed by atoms with Crippen molar-refractivity contribution in [1.29, 1.82) is 0 Å². The van der Waals surface area contributed by atoms with Crippen LogP contribution in [0.3, 0.4) is 0 Å². The van der Waals surface area contributed by atoms with Gasteiger partial charge in [-0.05, 0) is 36.1 Å². The number of benzene rings is 2. The monoisotopic (exact) mass is 287 g/mol. The number of halogens is 1. The number of rotatable bonds is 2. The Balaban J connectivity index is 0.000000178. The fourth-order valence-electron chi connectivity index (χ4n) is 1.82. The van der Waals surface area contributed by atoms with E-state index in [0.29, 0.717) is 5.92 Å². The van der Waals surface area contributed by atoms with Gasteiger partial charge in [0.05, 0.1) is 0 Å². The Hall–Kier alpha value is -1.80. The largest absolute Gasteiger partial charge is 0.359 e. The molecule has 104 valence electrons. The lowest BCUT2D eigenvalue weighted by Crippen LogP contribution is -2.18. The van der Waals surface area contributed by atoms with E-state index >= 15 is 0 Å². The molecule has 1 fully saturated rings. The Morgan fingerprint density at radius 3 is 2.00 bits per heavy atom. The van der Waals surface area contributed by atoms with Crippen LogP contribution in [0.5, 0.6) is 0 Å². The van der Waals surface area contributed by atoms with Gasteiger partial charge in [0.25, 0.3) is 0 Å². The maximum atomic E-state index is 10.5. The molecule has 2 aromatic rings. The Bertz CT molecular complexity index is 547. The first-order valence-corrected chi connectivity index (χ1v) is 7.11. The lowest BCUT2D eigenvalue weighted by atomic mass is 10.1. The van der Waals surface area contributed by atoms with Crippen molar-refractivity contribution in [3.63, 3.8) is 0 Å². The molecule has 3 heteroatoms. The van der Waals surface area contributed by atoms with Crippen molar-refractivity contribution in [2.75, 3.05) is 7.05 Å². The van der Waals surface area contributed by atoms with Crippen LogP contribution in [0.2, 0.25) is 5.02 Å². The number of hydrogen-bond donors (Lipinski definition) is 1. The van der Waals surface area contributed by atoms with Crippen molar-refractivity contribution < 1.29 is 4.79 Å². The molecule has 0 atom stereocenters. The smallest absolute Gasteiger partial charge is 0.222 e. The summed E-state index contributed by atoms with van der Waals surface area (Å²) in [5.41, 5.74) is 2.42. The summed E-state index contributed by atoms with van der Waals surface area (Å²) in [6.45, 7) is 0. The van der Waals surface area contributed by atoms with Crippen molar-refractivity contribution in [2.45, 2.75) is 12.8 Å². The molecule has 0 radical (unpaired) electrons. The average Bonchev–Trinajstić information content (AvgIpc) is 3.33. The molecule has 0 aliphatic heterocycles. The third-order valence-corrected chi connectivity index (χ3v) is 3.40. The molecule has 0 bridgehead atoms. The first kappa shape index (κ1) is 14.6. The summed E-state index contributed by atoms with van der Waals surface area (Å²) in [6.07, 6.45) is 2.19. The molecule has 1 aliphatic rings. The fraction of sp³-hybridized carbons (Fsp3) is 0.235. The average molecular weight is 288 g/mol. The third-order valence-electron chi connectivity index (χ3n) is 3.15. The zero-order valence-corrected chi connectivity index (χ0v) is 12.2. The van der Waals surface area contributed by atoms with Gasteiger partial charge in [0, 0.05) is 18.0 Å². The zero-order valence-electron chi connectivity index (χ0n) is 11.5. The molecule has 3 rings (SSSR count). The van der Waals surface area contributed by atoms with Gasteiger partial charge in [0.2, 0.25) is 5.91 Å². The van der Waals surface area contributed by atoms with Gasteiger partial charge in [0.1, 0.15) is 0 Å². The molecule has 1 N–H and O–H groups in total. The molecule has 0 aromatic heterocycles. The van der Waals surface area contributed by atoms with E-state index in [0.717, 1.165) is 17.9 Å². The Labute approximate surface area is 124 Å². The van der Waals surface area contributed by atoms with E-state index in [1.807, 2.05) is 42.5 Å². The van der Waals surface area contributed by atoms with Gasteiger partial charge in [0.15, 0.2) is 0 Å². The lowest BCUT2D eigenvalue weighted by molar-refractivity contribution is -0.121. The highest BCUT2D eigenvalue weighted by Gasteiger charge is 2.28. The second kappa shape index (κ2) is 7.11. The maximum Gasteiger partial charge on any atom is 0.222 e. The summed E-state index contributed by atoms with van der Waals surface area (Å²) in [6, 6.07) is 18.1. The topological polar surface area (TPSA) is 29.1 Å². The molecule has 20 heavy (non-hydrogen) atoms. The summed E-state index contributed by atoms with van der Waals surface area (Å²) >= 11 is 5.80. The molecular weight excluding hydrogens is 270 g/mol. The minimum absolute atomic E-state index is 0.208. The fourth-order valence-corrected chi connectivity index (χ4v) is 1.95. The van der Waals surface area contributed by atoms with E-state index in [2.05, 4.69) is 17.4 Å². The van der Waals surface area contributed by atoms with E-state index in [1.165, 1.54) is 11.1 Å². The van der Waals surface area contributed by atoms with Crippen molar-refractivity contribution >= 4 is 17.5 Å². The van der Waals surface area contributed by atoms with Crippen LogP contribution in [0.15, 0.2) is 54.6 Å². The second-order valence-electron chi connectivity index (χ2n) is 4.76. The normalized spacial score (nSPS) is 13.1. The van der Waals surface area contributed by atoms with Crippen molar-refractivity contribution in [1.82, 2.24) is 5.32 Å². The van der Waals surface area contributed by atoms with Crippen LogP contribution in [0.4, 0.5) is 0 Å². The molecular formula is C17H18ClNO. The Kier molecular flexibility index (Phi) is 5.19. The summed E-state index contributed by atoms with van der Waals surface area (Å²) in [5, 5.41) is 3.37. The number of carbonyl (C=O) groups is 1. The molecule has 0 heterocycles. The molecule has 1 aliphatic carbocycles. The lowest BCUT2D eigenvalue weighted by Gasteiger charge is -2.00. The van der Waals surface area contributed by atoms with Gasteiger partial charge in [-0.3, -0.25) is 4.79 Å². The molecule has 2 aromatic carbocycles. The second-order valence-corrected chi connectivity index (χ2v) is 5.20. The minimum atomic E-state index is 0.208. The molecule has 0 saturated heterocycles. The molecule has 2 nitrogen and oxygen atoms in total.